The lowest BCUT2D eigenvalue weighted by Crippen LogP contribution is -2.18. The molecule has 2 aromatic heterocycles. The third-order valence-corrected chi connectivity index (χ3v) is 5.97. The molecule has 0 radical (unpaired) electrons. The molecule has 1 amide bonds. The van der Waals surface area contributed by atoms with Gasteiger partial charge in [0.1, 0.15) is 11.6 Å². The van der Waals surface area contributed by atoms with Crippen LogP contribution in [0.4, 0.5) is 10.2 Å². The molecule has 3 heterocycles. The number of hydrogen-bond acceptors (Lipinski definition) is 6. The predicted molar refractivity (Wildman–Crippen MR) is 122 cm³/mol. The maximum atomic E-state index is 13.9. The molecule has 1 unspecified atom stereocenters. The molecule has 3 aromatic rings. The van der Waals surface area contributed by atoms with Crippen LogP contribution < -0.4 is 11.1 Å². The topological polar surface area (TPSA) is 143 Å². The third-order valence-electron chi connectivity index (χ3n) is 5.97. The zero-order valence-corrected chi connectivity index (χ0v) is 18.5. The van der Waals surface area contributed by atoms with E-state index in [0.29, 0.717) is 12.0 Å². The van der Waals surface area contributed by atoms with Gasteiger partial charge in [0.15, 0.2) is 0 Å². The number of rotatable bonds is 9. The van der Waals surface area contributed by atoms with Crippen molar-refractivity contribution >= 4 is 17.7 Å². The van der Waals surface area contributed by atoms with E-state index in [-0.39, 0.29) is 23.5 Å². The zero-order valence-electron chi connectivity index (χ0n) is 18.5. The third kappa shape index (κ3) is 4.91. The number of pyridine rings is 1. The van der Waals surface area contributed by atoms with E-state index in [1.165, 1.54) is 22.9 Å². The van der Waals surface area contributed by atoms with E-state index >= 15 is 0 Å². The predicted octanol–water partition coefficient (Wildman–Crippen LogP) is 2.22. The molecule has 0 aliphatic carbocycles. The first-order valence-corrected chi connectivity index (χ1v) is 11.1. The minimum atomic E-state index is -1.14. The van der Waals surface area contributed by atoms with Crippen LogP contribution in [-0.2, 0) is 30.8 Å². The number of fused-ring (bicyclic) bond motifs is 1. The maximum Gasteiger partial charge on any atom is 0.304 e. The van der Waals surface area contributed by atoms with E-state index < -0.39 is 36.6 Å². The Kier molecular flexibility index (Phi) is 6.87. The van der Waals surface area contributed by atoms with Gasteiger partial charge in [-0.3, -0.25) is 14.3 Å². The van der Waals surface area contributed by atoms with Crippen LogP contribution in [0.5, 0.6) is 0 Å². The lowest BCUT2D eigenvalue weighted by Gasteiger charge is -2.17. The summed E-state index contributed by atoms with van der Waals surface area (Å²) < 4.78 is 15.4. The number of aromatic nitrogens is 3. The molecule has 0 saturated heterocycles. The van der Waals surface area contributed by atoms with Crippen molar-refractivity contribution in [1.29, 1.82) is 0 Å². The van der Waals surface area contributed by atoms with Gasteiger partial charge in [0, 0.05) is 31.1 Å². The monoisotopic (exact) mass is 467 g/mol. The number of amides is 1. The van der Waals surface area contributed by atoms with Gasteiger partial charge >= 0.3 is 5.97 Å². The molecule has 34 heavy (non-hydrogen) atoms. The van der Waals surface area contributed by atoms with Gasteiger partial charge in [0.25, 0.3) is 5.91 Å². The second kappa shape index (κ2) is 10.0. The van der Waals surface area contributed by atoms with Gasteiger partial charge in [-0.2, -0.15) is 5.10 Å². The Labute approximate surface area is 195 Å². The fourth-order valence-electron chi connectivity index (χ4n) is 4.37. The van der Waals surface area contributed by atoms with E-state index in [1.54, 1.807) is 6.07 Å². The average Bonchev–Trinajstić information content (AvgIpc) is 3.19. The Morgan fingerprint density at radius 3 is 2.79 bits per heavy atom. The number of aryl methyl sites for hydroxylation is 3. The summed E-state index contributed by atoms with van der Waals surface area (Å²) in [4.78, 5) is 28.6. The van der Waals surface area contributed by atoms with Crippen LogP contribution in [0.2, 0.25) is 0 Å². The number of aliphatic carboxylic acids is 1. The number of carbonyl (C=O) groups is 2. The highest BCUT2D eigenvalue weighted by Crippen LogP contribution is 2.32. The molecular formula is C24H26FN5O4. The Morgan fingerprint density at radius 2 is 2.09 bits per heavy atom. The number of aliphatic hydroxyl groups excluding tert-OH is 1. The summed E-state index contributed by atoms with van der Waals surface area (Å²) in [5.74, 6) is -2.59. The van der Waals surface area contributed by atoms with Crippen molar-refractivity contribution in [3.8, 4) is 0 Å². The smallest absolute Gasteiger partial charge is 0.304 e. The van der Waals surface area contributed by atoms with E-state index in [4.69, 9.17) is 5.73 Å². The minimum absolute atomic E-state index is 0.0434. The number of carboxylic acids is 1. The van der Waals surface area contributed by atoms with Gasteiger partial charge in [-0.15, -0.1) is 0 Å². The van der Waals surface area contributed by atoms with Gasteiger partial charge in [-0.1, -0.05) is 18.2 Å². The normalized spacial score (nSPS) is 13.7. The molecular weight excluding hydrogens is 441 g/mol. The Bertz CT molecular complexity index is 1230. The molecule has 9 nitrogen and oxygen atoms in total. The molecule has 1 atom stereocenters. The summed E-state index contributed by atoms with van der Waals surface area (Å²) in [6.07, 6.45) is 2.07. The van der Waals surface area contributed by atoms with Crippen LogP contribution in [0.3, 0.4) is 0 Å². The Balaban J connectivity index is 1.70. The van der Waals surface area contributed by atoms with Crippen LogP contribution in [0.15, 0.2) is 36.4 Å². The van der Waals surface area contributed by atoms with Gasteiger partial charge < -0.3 is 21.3 Å². The number of hydrogen-bond donors (Lipinski definition) is 4. The van der Waals surface area contributed by atoms with Crippen molar-refractivity contribution in [1.82, 2.24) is 14.8 Å². The molecule has 0 bridgehead atoms. The standard InChI is InChI=1S/C24H26FN5O4/c25-16-5-1-3-15(11-16)18(12-20(32)33)22-21(23(26)34)19(13-31)30(29-22)10-8-17-7-6-14-4-2-9-27-24(14)28-17/h1,3,5-7,11,18,31H,2,4,8-10,12-13H2,(H2,26,34)(H,27,28)(H,32,33). The van der Waals surface area contributed by atoms with E-state index in [9.17, 15) is 24.2 Å². The molecule has 0 spiro atoms. The minimum Gasteiger partial charge on any atom is -0.481 e. The summed E-state index contributed by atoms with van der Waals surface area (Å²) >= 11 is 0. The van der Waals surface area contributed by atoms with Crippen molar-refractivity contribution in [3.63, 3.8) is 0 Å². The number of nitrogens with one attached hydrogen (secondary N) is 1. The maximum absolute atomic E-state index is 13.9. The molecule has 5 N–H and O–H groups in total. The Hall–Kier alpha value is -3.79. The van der Waals surface area contributed by atoms with E-state index in [1.807, 2.05) is 12.1 Å². The molecule has 1 aliphatic rings. The summed E-state index contributed by atoms with van der Waals surface area (Å²) in [6, 6.07) is 9.46. The molecule has 178 valence electrons. The number of nitrogens with zero attached hydrogens (tertiary/aromatic N) is 3. The first-order chi connectivity index (χ1) is 16.4. The number of carbonyl (C=O) groups excluding carboxylic acids is 1. The molecule has 4 rings (SSSR count). The first-order valence-electron chi connectivity index (χ1n) is 11.1. The quantitative estimate of drug-likeness (QED) is 0.378. The highest BCUT2D eigenvalue weighted by atomic mass is 19.1. The summed E-state index contributed by atoms with van der Waals surface area (Å²) in [6.45, 7) is 0.631. The number of nitrogens with two attached hydrogens (primary N) is 1. The Morgan fingerprint density at radius 1 is 1.26 bits per heavy atom. The lowest BCUT2D eigenvalue weighted by atomic mass is 9.89. The number of halogens is 1. The summed E-state index contributed by atoms with van der Waals surface area (Å²) in [5.41, 5.74) is 8.18. The largest absolute Gasteiger partial charge is 0.481 e. The van der Waals surface area contributed by atoms with Crippen LogP contribution in [0.25, 0.3) is 0 Å². The van der Waals surface area contributed by atoms with Crippen LogP contribution in [-0.4, -0.2) is 43.4 Å². The number of primary amides is 1. The fourth-order valence-corrected chi connectivity index (χ4v) is 4.37. The second-order valence-electron chi connectivity index (χ2n) is 8.25. The average molecular weight is 468 g/mol. The van der Waals surface area contributed by atoms with Gasteiger partial charge in [0.05, 0.1) is 30.0 Å². The van der Waals surface area contributed by atoms with Gasteiger partial charge in [0.2, 0.25) is 0 Å². The first kappa shape index (κ1) is 23.4. The summed E-state index contributed by atoms with van der Waals surface area (Å²) in [5, 5.41) is 27.3. The SMILES string of the molecule is NC(=O)c1c(C(CC(=O)O)c2cccc(F)c2)nn(CCc2ccc3c(n2)NCCC3)c1CO. The lowest BCUT2D eigenvalue weighted by molar-refractivity contribution is -0.137. The highest BCUT2D eigenvalue weighted by Gasteiger charge is 2.30. The number of benzene rings is 1. The molecule has 1 aromatic carbocycles. The van der Waals surface area contributed by atoms with Crippen LogP contribution in [0, 0.1) is 5.82 Å². The van der Waals surface area contributed by atoms with Crippen molar-refractivity contribution in [2.45, 2.75) is 44.8 Å². The summed E-state index contributed by atoms with van der Waals surface area (Å²) in [7, 11) is 0. The van der Waals surface area contributed by atoms with Crippen LogP contribution >= 0.6 is 0 Å². The van der Waals surface area contributed by atoms with E-state index in [2.05, 4.69) is 15.4 Å². The van der Waals surface area contributed by atoms with Crippen LogP contribution in [0.1, 0.15) is 57.3 Å². The highest BCUT2D eigenvalue weighted by molar-refractivity contribution is 5.95. The molecule has 10 heteroatoms. The number of anilines is 1. The van der Waals surface area contributed by atoms with Crippen molar-refractivity contribution in [3.05, 3.63) is 76.0 Å². The van der Waals surface area contributed by atoms with Crippen molar-refractivity contribution in [2.24, 2.45) is 5.73 Å². The van der Waals surface area contributed by atoms with Crippen molar-refractivity contribution < 1.29 is 24.2 Å². The zero-order chi connectivity index (χ0) is 24.2. The molecule has 1 aliphatic heterocycles. The number of aliphatic hydroxyl groups is 1. The number of carboxylic acid groups (broad SMARTS) is 1. The van der Waals surface area contributed by atoms with Gasteiger partial charge in [-0.05, 0) is 42.2 Å². The van der Waals surface area contributed by atoms with E-state index in [0.717, 1.165) is 36.5 Å². The fraction of sp³-hybridized carbons (Fsp3) is 0.333. The second-order valence-corrected chi connectivity index (χ2v) is 8.25. The molecule has 0 saturated carbocycles. The van der Waals surface area contributed by atoms with Crippen molar-refractivity contribution in [2.75, 3.05) is 11.9 Å². The van der Waals surface area contributed by atoms with Gasteiger partial charge in [-0.25, -0.2) is 9.37 Å². The molecule has 0 fully saturated rings.